The lowest BCUT2D eigenvalue weighted by Gasteiger charge is -2.33. The number of hydrogen-bond donors (Lipinski definition) is 2. The zero-order chi connectivity index (χ0) is 14.6. The van der Waals surface area contributed by atoms with Crippen molar-refractivity contribution >= 4 is 22.4 Å². The lowest BCUT2D eigenvalue weighted by molar-refractivity contribution is 0.296. The van der Waals surface area contributed by atoms with Crippen molar-refractivity contribution in [1.82, 2.24) is 4.72 Å². The van der Waals surface area contributed by atoms with E-state index >= 15 is 0 Å². The number of nitriles is 1. The van der Waals surface area contributed by atoms with Gasteiger partial charge < -0.3 is 5.73 Å². The zero-order valence-corrected chi connectivity index (χ0v) is 13.3. The van der Waals surface area contributed by atoms with Gasteiger partial charge in [0, 0.05) is 12.1 Å². The van der Waals surface area contributed by atoms with Crippen molar-refractivity contribution in [2.75, 3.05) is 6.54 Å². The van der Waals surface area contributed by atoms with E-state index < -0.39 is 15.6 Å². The molecule has 2 rings (SSSR count). The summed E-state index contributed by atoms with van der Waals surface area (Å²) in [6.07, 6.45) is 4.97. The van der Waals surface area contributed by atoms with E-state index in [0.29, 0.717) is 5.56 Å². The van der Waals surface area contributed by atoms with E-state index in [1.807, 2.05) is 6.07 Å². The maximum absolute atomic E-state index is 12.2. The van der Waals surface area contributed by atoms with Crippen LogP contribution in [0.3, 0.4) is 0 Å². The largest absolute Gasteiger partial charge is 0.324 e. The molecule has 21 heavy (non-hydrogen) atoms. The molecule has 0 unspecified atom stereocenters. The molecule has 0 radical (unpaired) electrons. The third-order valence-electron chi connectivity index (χ3n) is 3.76. The minimum absolute atomic E-state index is 0. The molecule has 0 saturated heterocycles. The Hall–Kier alpha value is -1.13. The van der Waals surface area contributed by atoms with Crippen molar-refractivity contribution in [1.29, 1.82) is 5.26 Å². The molecule has 7 heteroatoms. The Labute approximate surface area is 132 Å². The van der Waals surface area contributed by atoms with Crippen LogP contribution in [0.4, 0.5) is 0 Å². The Morgan fingerprint density at radius 2 is 1.76 bits per heavy atom. The van der Waals surface area contributed by atoms with E-state index in [-0.39, 0.29) is 23.8 Å². The Bertz CT molecular complexity index is 602. The Kier molecular flexibility index (Phi) is 6.17. The van der Waals surface area contributed by atoms with Gasteiger partial charge in [-0.2, -0.15) is 5.26 Å². The molecule has 0 aliphatic heterocycles. The van der Waals surface area contributed by atoms with Gasteiger partial charge in [0.2, 0.25) is 10.0 Å². The van der Waals surface area contributed by atoms with Crippen LogP contribution in [0.5, 0.6) is 0 Å². The van der Waals surface area contributed by atoms with Gasteiger partial charge in [-0.1, -0.05) is 19.3 Å². The summed E-state index contributed by atoms with van der Waals surface area (Å²) in [5.74, 6) is 0. The topological polar surface area (TPSA) is 96.0 Å². The van der Waals surface area contributed by atoms with E-state index in [4.69, 9.17) is 11.0 Å². The Morgan fingerprint density at radius 1 is 1.19 bits per heavy atom. The van der Waals surface area contributed by atoms with Crippen LogP contribution in [0.2, 0.25) is 0 Å². The number of halogens is 1. The first kappa shape index (κ1) is 17.9. The van der Waals surface area contributed by atoms with E-state index in [1.165, 1.54) is 30.7 Å². The Balaban J connectivity index is 0.00000220. The van der Waals surface area contributed by atoms with Crippen molar-refractivity contribution in [3.63, 3.8) is 0 Å². The summed E-state index contributed by atoms with van der Waals surface area (Å²) in [6.45, 7) is 0.259. The number of hydrogen-bond acceptors (Lipinski definition) is 4. The first-order chi connectivity index (χ1) is 9.45. The maximum atomic E-state index is 12.2. The van der Waals surface area contributed by atoms with Crippen LogP contribution in [0, 0.1) is 11.3 Å². The Morgan fingerprint density at radius 3 is 2.29 bits per heavy atom. The molecule has 0 amide bonds. The quantitative estimate of drug-likeness (QED) is 0.882. The molecule has 1 aromatic carbocycles. The third-order valence-corrected chi connectivity index (χ3v) is 5.17. The molecule has 3 N–H and O–H groups in total. The van der Waals surface area contributed by atoms with Gasteiger partial charge in [0.1, 0.15) is 0 Å². The summed E-state index contributed by atoms with van der Waals surface area (Å²) in [5.41, 5.74) is 6.22. The van der Waals surface area contributed by atoms with Crippen molar-refractivity contribution in [3.05, 3.63) is 29.8 Å². The normalized spacial score (nSPS) is 17.5. The lowest BCUT2D eigenvalue weighted by Crippen LogP contribution is -2.51. The molecule has 1 aromatic rings. The average Bonchev–Trinajstić information content (AvgIpc) is 2.46. The SMILES string of the molecule is Cl.N#Cc1ccc(S(=O)(=O)NCC2(N)CCCCC2)cc1. The second-order valence-electron chi connectivity index (χ2n) is 5.38. The van der Waals surface area contributed by atoms with Crippen LogP contribution >= 0.6 is 12.4 Å². The second kappa shape index (κ2) is 7.23. The van der Waals surface area contributed by atoms with Gasteiger partial charge >= 0.3 is 0 Å². The molecule has 0 bridgehead atoms. The highest BCUT2D eigenvalue weighted by molar-refractivity contribution is 7.89. The van der Waals surface area contributed by atoms with Crippen LogP contribution in [-0.4, -0.2) is 20.5 Å². The summed E-state index contributed by atoms with van der Waals surface area (Å²) < 4.78 is 26.9. The summed E-state index contributed by atoms with van der Waals surface area (Å²) in [5, 5.41) is 8.71. The molecule has 0 spiro atoms. The predicted octanol–water partition coefficient (Wildman–Crippen LogP) is 1.92. The van der Waals surface area contributed by atoms with E-state index in [0.717, 1.165) is 25.7 Å². The van der Waals surface area contributed by atoms with E-state index in [1.54, 1.807) is 0 Å². The van der Waals surface area contributed by atoms with Crippen molar-refractivity contribution in [2.24, 2.45) is 5.73 Å². The number of nitrogens with one attached hydrogen (secondary N) is 1. The van der Waals surface area contributed by atoms with Gasteiger partial charge in [-0.15, -0.1) is 12.4 Å². The predicted molar refractivity (Wildman–Crippen MR) is 83.6 cm³/mol. The molecule has 0 heterocycles. The minimum Gasteiger partial charge on any atom is -0.324 e. The molecular weight excluding hydrogens is 310 g/mol. The van der Waals surface area contributed by atoms with Crippen LogP contribution < -0.4 is 10.5 Å². The van der Waals surface area contributed by atoms with Crippen molar-refractivity contribution in [3.8, 4) is 6.07 Å². The first-order valence-corrected chi connectivity index (χ1v) is 8.22. The summed E-state index contributed by atoms with van der Waals surface area (Å²) in [4.78, 5) is 0.163. The summed E-state index contributed by atoms with van der Waals surface area (Å²) in [6, 6.07) is 7.82. The van der Waals surface area contributed by atoms with Gasteiger partial charge in [0.05, 0.1) is 16.5 Å². The maximum Gasteiger partial charge on any atom is 0.240 e. The molecule has 1 aliphatic carbocycles. The zero-order valence-electron chi connectivity index (χ0n) is 11.7. The van der Waals surface area contributed by atoms with Gasteiger partial charge in [-0.25, -0.2) is 13.1 Å². The second-order valence-corrected chi connectivity index (χ2v) is 7.15. The molecule has 0 aromatic heterocycles. The average molecular weight is 330 g/mol. The van der Waals surface area contributed by atoms with Gasteiger partial charge in [-0.3, -0.25) is 0 Å². The highest BCUT2D eigenvalue weighted by atomic mass is 35.5. The minimum atomic E-state index is -3.56. The summed E-state index contributed by atoms with van der Waals surface area (Å²) >= 11 is 0. The smallest absolute Gasteiger partial charge is 0.240 e. The molecule has 5 nitrogen and oxygen atoms in total. The standard InChI is InChI=1S/C14H19N3O2S.ClH/c15-10-12-4-6-13(7-5-12)20(18,19)17-11-14(16)8-2-1-3-9-14;/h4-7,17H,1-3,8-9,11,16H2;1H. The van der Waals surface area contributed by atoms with Crippen LogP contribution in [0.15, 0.2) is 29.2 Å². The van der Waals surface area contributed by atoms with E-state index in [9.17, 15) is 8.42 Å². The highest BCUT2D eigenvalue weighted by Crippen LogP contribution is 2.25. The molecule has 0 atom stereocenters. The third kappa shape index (κ3) is 4.68. The fourth-order valence-electron chi connectivity index (χ4n) is 2.46. The number of nitrogens with two attached hydrogens (primary N) is 1. The van der Waals surface area contributed by atoms with Crippen LogP contribution in [0.1, 0.15) is 37.7 Å². The van der Waals surface area contributed by atoms with E-state index in [2.05, 4.69) is 4.72 Å². The van der Waals surface area contributed by atoms with Crippen molar-refractivity contribution in [2.45, 2.75) is 42.5 Å². The monoisotopic (exact) mass is 329 g/mol. The molecule has 1 fully saturated rings. The van der Waals surface area contributed by atoms with Gasteiger partial charge in [-0.05, 0) is 37.1 Å². The summed E-state index contributed by atoms with van der Waals surface area (Å²) in [7, 11) is -3.56. The molecule has 116 valence electrons. The molecule has 1 saturated carbocycles. The molecule has 1 aliphatic rings. The van der Waals surface area contributed by atoms with Crippen LogP contribution in [-0.2, 0) is 10.0 Å². The van der Waals surface area contributed by atoms with Crippen molar-refractivity contribution < 1.29 is 8.42 Å². The first-order valence-electron chi connectivity index (χ1n) is 6.74. The van der Waals surface area contributed by atoms with Gasteiger partial charge in [0.25, 0.3) is 0 Å². The number of rotatable bonds is 4. The molecular formula is C14H20ClN3O2S. The van der Waals surface area contributed by atoms with Gasteiger partial charge in [0.15, 0.2) is 0 Å². The number of nitrogens with zero attached hydrogens (tertiary/aromatic N) is 1. The highest BCUT2D eigenvalue weighted by Gasteiger charge is 2.29. The fourth-order valence-corrected chi connectivity index (χ4v) is 3.60. The fraction of sp³-hybridized carbons (Fsp3) is 0.500. The van der Waals surface area contributed by atoms with Crippen LogP contribution in [0.25, 0.3) is 0 Å². The lowest BCUT2D eigenvalue weighted by atomic mass is 9.83. The number of benzene rings is 1. The number of sulfonamides is 1.